The highest BCUT2D eigenvalue weighted by Crippen LogP contribution is 2.27. The molecule has 1 aromatic heterocycles. The molecule has 0 radical (unpaired) electrons. The molecule has 15 heavy (non-hydrogen) atoms. The number of furan rings is 1. The average molecular weight is 222 g/mol. The van der Waals surface area contributed by atoms with Crippen LogP contribution >= 0.6 is 11.6 Å². The molecule has 0 fully saturated rings. The Balaban J connectivity index is 2.36. The second kappa shape index (κ2) is 4.09. The number of aryl methyl sites for hydroxylation is 1. The zero-order valence-electron chi connectivity index (χ0n) is 8.41. The van der Waals surface area contributed by atoms with E-state index in [0.29, 0.717) is 5.02 Å². The highest BCUT2D eigenvalue weighted by molar-refractivity contribution is 6.31. The van der Waals surface area contributed by atoms with Gasteiger partial charge in [0, 0.05) is 5.02 Å². The molecular weight excluding hydrogens is 210 g/mol. The van der Waals surface area contributed by atoms with E-state index in [1.54, 1.807) is 0 Å². The molecule has 2 N–H and O–H groups in total. The molecule has 1 aromatic carbocycles. The maximum absolute atomic E-state index is 6.05. The van der Waals surface area contributed by atoms with Crippen molar-refractivity contribution in [2.45, 2.75) is 13.0 Å². The van der Waals surface area contributed by atoms with Gasteiger partial charge in [-0.3, -0.25) is 0 Å². The van der Waals surface area contributed by atoms with Crippen LogP contribution in [0.3, 0.4) is 0 Å². The van der Waals surface area contributed by atoms with Crippen LogP contribution in [-0.2, 0) is 0 Å². The van der Waals surface area contributed by atoms with Crippen molar-refractivity contribution in [1.29, 1.82) is 0 Å². The summed E-state index contributed by atoms with van der Waals surface area (Å²) in [5, 5.41) is 0.666. The second-order valence-electron chi connectivity index (χ2n) is 3.45. The Morgan fingerprint density at radius 1 is 1.20 bits per heavy atom. The first-order valence-corrected chi connectivity index (χ1v) is 5.12. The fourth-order valence-electron chi connectivity index (χ4n) is 1.50. The van der Waals surface area contributed by atoms with Gasteiger partial charge in [-0.1, -0.05) is 29.8 Å². The van der Waals surface area contributed by atoms with Crippen LogP contribution < -0.4 is 5.73 Å². The van der Waals surface area contributed by atoms with E-state index in [1.807, 2.05) is 43.3 Å². The quantitative estimate of drug-likeness (QED) is 0.845. The summed E-state index contributed by atoms with van der Waals surface area (Å²) in [6.07, 6.45) is 0. The Morgan fingerprint density at radius 2 is 1.93 bits per heavy atom. The van der Waals surface area contributed by atoms with Crippen LogP contribution in [0.1, 0.15) is 23.1 Å². The minimum atomic E-state index is -0.299. The lowest BCUT2D eigenvalue weighted by Crippen LogP contribution is -2.11. The summed E-state index contributed by atoms with van der Waals surface area (Å²) in [6.45, 7) is 1.89. The number of benzene rings is 1. The molecule has 78 valence electrons. The molecule has 0 spiro atoms. The maximum Gasteiger partial charge on any atom is 0.125 e. The molecule has 1 heterocycles. The molecule has 2 aromatic rings. The van der Waals surface area contributed by atoms with Gasteiger partial charge in [-0.2, -0.15) is 0 Å². The summed E-state index contributed by atoms with van der Waals surface area (Å²) < 4.78 is 5.47. The van der Waals surface area contributed by atoms with Gasteiger partial charge in [-0.15, -0.1) is 0 Å². The van der Waals surface area contributed by atoms with Gasteiger partial charge in [0.2, 0.25) is 0 Å². The molecule has 1 atom stereocenters. The van der Waals surface area contributed by atoms with Crippen molar-refractivity contribution in [3.63, 3.8) is 0 Å². The standard InChI is InChI=1S/C12H12ClNO/c1-8-6-7-11(15-8)12(14)9-4-2-3-5-10(9)13/h2-7,12H,14H2,1H3. The molecular formula is C12H12ClNO. The Hall–Kier alpha value is -1.25. The molecule has 0 aliphatic heterocycles. The van der Waals surface area contributed by atoms with Gasteiger partial charge in [0.15, 0.2) is 0 Å². The van der Waals surface area contributed by atoms with Crippen LogP contribution in [0.5, 0.6) is 0 Å². The summed E-state index contributed by atoms with van der Waals surface area (Å²) in [5.74, 6) is 1.59. The third-order valence-corrected chi connectivity index (χ3v) is 2.65. The number of nitrogens with two attached hydrogens (primary N) is 1. The second-order valence-corrected chi connectivity index (χ2v) is 3.85. The summed E-state index contributed by atoms with van der Waals surface area (Å²) in [7, 11) is 0. The highest BCUT2D eigenvalue weighted by atomic mass is 35.5. The molecule has 0 bridgehead atoms. The fraction of sp³-hybridized carbons (Fsp3) is 0.167. The molecule has 0 aliphatic rings. The predicted octanol–water partition coefficient (Wildman–Crippen LogP) is 3.29. The van der Waals surface area contributed by atoms with Gasteiger partial charge in [0.1, 0.15) is 11.5 Å². The van der Waals surface area contributed by atoms with Gasteiger partial charge in [0.05, 0.1) is 6.04 Å². The summed E-state index contributed by atoms with van der Waals surface area (Å²) >= 11 is 6.05. The van der Waals surface area contributed by atoms with Gasteiger partial charge in [-0.05, 0) is 30.7 Å². The van der Waals surface area contributed by atoms with E-state index in [0.717, 1.165) is 17.1 Å². The molecule has 3 heteroatoms. The number of rotatable bonds is 2. The predicted molar refractivity (Wildman–Crippen MR) is 60.9 cm³/mol. The smallest absolute Gasteiger partial charge is 0.125 e. The average Bonchev–Trinajstić information content (AvgIpc) is 2.65. The topological polar surface area (TPSA) is 39.2 Å². The van der Waals surface area contributed by atoms with E-state index in [4.69, 9.17) is 21.8 Å². The van der Waals surface area contributed by atoms with E-state index in [2.05, 4.69) is 0 Å². The normalized spacial score (nSPS) is 12.7. The van der Waals surface area contributed by atoms with Crippen molar-refractivity contribution in [3.05, 3.63) is 58.5 Å². The third kappa shape index (κ3) is 2.06. The molecule has 2 nitrogen and oxygen atoms in total. The zero-order valence-corrected chi connectivity index (χ0v) is 9.16. The lowest BCUT2D eigenvalue weighted by molar-refractivity contribution is 0.466. The monoisotopic (exact) mass is 221 g/mol. The minimum absolute atomic E-state index is 0.299. The fourth-order valence-corrected chi connectivity index (χ4v) is 1.75. The lowest BCUT2D eigenvalue weighted by Gasteiger charge is -2.10. The van der Waals surface area contributed by atoms with Gasteiger partial charge in [0.25, 0.3) is 0 Å². The van der Waals surface area contributed by atoms with Crippen LogP contribution in [0.25, 0.3) is 0 Å². The molecule has 0 saturated heterocycles. The van der Waals surface area contributed by atoms with E-state index < -0.39 is 0 Å². The highest BCUT2D eigenvalue weighted by Gasteiger charge is 2.14. The summed E-state index contributed by atoms with van der Waals surface area (Å²) in [6, 6.07) is 11.0. The number of halogens is 1. The van der Waals surface area contributed by atoms with Crippen molar-refractivity contribution in [2.75, 3.05) is 0 Å². The van der Waals surface area contributed by atoms with Crippen molar-refractivity contribution in [1.82, 2.24) is 0 Å². The van der Waals surface area contributed by atoms with E-state index in [-0.39, 0.29) is 6.04 Å². The Kier molecular flexibility index (Phi) is 2.80. The minimum Gasteiger partial charge on any atom is -0.464 e. The zero-order chi connectivity index (χ0) is 10.8. The van der Waals surface area contributed by atoms with Gasteiger partial charge >= 0.3 is 0 Å². The van der Waals surface area contributed by atoms with Crippen LogP contribution in [0.15, 0.2) is 40.8 Å². The van der Waals surface area contributed by atoms with E-state index >= 15 is 0 Å². The number of hydrogen-bond acceptors (Lipinski definition) is 2. The molecule has 1 unspecified atom stereocenters. The van der Waals surface area contributed by atoms with Crippen LogP contribution in [-0.4, -0.2) is 0 Å². The Labute approximate surface area is 93.7 Å². The molecule has 0 saturated carbocycles. The molecule has 0 amide bonds. The first-order chi connectivity index (χ1) is 7.18. The van der Waals surface area contributed by atoms with Crippen LogP contribution in [0.2, 0.25) is 5.02 Å². The van der Waals surface area contributed by atoms with Crippen molar-refractivity contribution in [3.8, 4) is 0 Å². The Morgan fingerprint density at radius 3 is 2.53 bits per heavy atom. The summed E-state index contributed by atoms with van der Waals surface area (Å²) in [4.78, 5) is 0. The van der Waals surface area contributed by atoms with E-state index in [1.165, 1.54) is 0 Å². The van der Waals surface area contributed by atoms with Crippen molar-refractivity contribution in [2.24, 2.45) is 5.73 Å². The Bertz CT molecular complexity index is 464. The molecule has 2 rings (SSSR count). The van der Waals surface area contributed by atoms with E-state index in [9.17, 15) is 0 Å². The molecule has 0 aliphatic carbocycles. The van der Waals surface area contributed by atoms with Gasteiger partial charge < -0.3 is 10.2 Å². The lowest BCUT2D eigenvalue weighted by atomic mass is 10.1. The van der Waals surface area contributed by atoms with Crippen LogP contribution in [0.4, 0.5) is 0 Å². The maximum atomic E-state index is 6.05. The largest absolute Gasteiger partial charge is 0.464 e. The third-order valence-electron chi connectivity index (χ3n) is 2.31. The van der Waals surface area contributed by atoms with Crippen molar-refractivity contribution < 1.29 is 4.42 Å². The SMILES string of the molecule is Cc1ccc(C(N)c2ccccc2Cl)o1. The summed E-state index contributed by atoms with van der Waals surface area (Å²) in [5.41, 5.74) is 6.94. The first kappa shape index (κ1) is 10.3. The van der Waals surface area contributed by atoms with Crippen molar-refractivity contribution >= 4 is 11.6 Å². The van der Waals surface area contributed by atoms with Crippen LogP contribution in [0, 0.1) is 6.92 Å². The number of hydrogen-bond donors (Lipinski definition) is 1. The van der Waals surface area contributed by atoms with Gasteiger partial charge in [-0.25, -0.2) is 0 Å². The first-order valence-electron chi connectivity index (χ1n) is 4.75.